The molecular weight excluding hydrogens is 250 g/mol. The third kappa shape index (κ3) is 3.05. The predicted molar refractivity (Wildman–Crippen MR) is 79.4 cm³/mol. The van der Waals surface area contributed by atoms with Crippen molar-refractivity contribution in [3.8, 4) is 0 Å². The molecule has 0 bridgehead atoms. The lowest BCUT2D eigenvalue weighted by Gasteiger charge is -2.37. The fourth-order valence-electron chi connectivity index (χ4n) is 3.34. The van der Waals surface area contributed by atoms with E-state index in [9.17, 15) is 5.11 Å². The number of aliphatic hydroxyl groups is 1. The molecule has 0 radical (unpaired) electrons. The molecule has 1 aromatic carbocycles. The van der Waals surface area contributed by atoms with Crippen LogP contribution >= 0.6 is 0 Å². The SMILES string of the molecule is CC1CCC(O)(CNC2COCc3ccccc32)CC1. The molecule has 1 atom stereocenters. The van der Waals surface area contributed by atoms with Crippen LogP contribution in [0.4, 0.5) is 0 Å². The molecule has 1 aromatic rings. The van der Waals surface area contributed by atoms with Gasteiger partial charge in [0, 0.05) is 6.54 Å². The molecule has 1 aliphatic carbocycles. The minimum Gasteiger partial charge on any atom is -0.389 e. The fraction of sp³-hybridized carbons (Fsp3) is 0.647. The van der Waals surface area contributed by atoms with E-state index in [0.29, 0.717) is 19.8 Å². The Morgan fingerprint density at radius 1 is 1.30 bits per heavy atom. The van der Waals surface area contributed by atoms with E-state index in [-0.39, 0.29) is 6.04 Å². The standard InChI is InChI=1S/C17H25NO2/c1-13-6-8-17(19,9-7-13)12-18-16-11-20-10-14-4-2-3-5-15(14)16/h2-5,13,16,18-19H,6-12H2,1H3. The lowest BCUT2D eigenvalue weighted by molar-refractivity contribution is -0.0131. The predicted octanol–water partition coefficient (Wildman–Crippen LogP) is 2.79. The third-order valence-corrected chi connectivity index (χ3v) is 4.86. The van der Waals surface area contributed by atoms with Crippen LogP contribution in [0.25, 0.3) is 0 Å². The van der Waals surface area contributed by atoms with Crippen molar-refractivity contribution in [3.05, 3.63) is 35.4 Å². The first-order chi connectivity index (χ1) is 9.66. The number of rotatable bonds is 3. The molecule has 0 amide bonds. The van der Waals surface area contributed by atoms with Crippen molar-refractivity contribution >= 4 is 0 Å². The molecule has 0 saturated heterocycles. The van der Waals surface area contributed by atoms with Crippen molar-refractivity contribution in [2.24, 2.45) is 5.92 Å². The highest BCUT2D eigenvalue weighted by atomic mass is 16.5. The summed E-state index contributed by atoms with van der Waals surface area (Å²) in [6, 6.07) is 8.64. The van der Waals surface area contributed by atoms with E-state index >= 15 is 0 Å². The molecule has 1 aliphatic heterocycles. The van der Waals surface area contributed by atoms with Gasteiger partial charge in [-0.3, -0.25) is 0 Å². The second kappa shape index (κ2) is 5.84. The summed E-state index contributed by atoms with van der Waals surface area (Å²) in [6.07, 6.45) is 4.10. The number of benzene rings is 1. The highest BCUT2D eigenvalue weighted by molar-refractivity contribution is 5.31. The van der Waals surface area contributed by atoms with Crippen LogP contribution in [0, 0.1) is 5.92 Å². The Balaban J connectivity index is 1.62. The highest BCUT2D eigenvalue weighted by Gasteiger charge is 2.32. The van der Waals surface area contributed by atoms with Gasteiger partial charge in [-0.1, -0.05) is 31.2 Å². The Morgan fingerprint density at radius 3 is 2.85 bits per heavy atom. The minimum atomic E-state index is -0.529. The molecule has 3 rings (SSSR count). The van der Waals surface area contributed by atoms with E-state index in [1.54, 1.807) is 0 Å². The molecule has 1 unspecified atom stereocenters. The fourth-order valence-corrected chi connectivity index (χ4v) is 3.34. The van der Waals surface area contributed by atoms with Crippen LogP contribution in [-0.4, -0.2) is 23.9 Å². The van der Waals surface area contributed by atoms with Gasteiger partial charge in [0.15, 0.2) is 0 Å². The number of hydrogen-bond acceptors (Lipinski definition) is 3. The summed E-state index contributed by atoms with van der Waals surface area (Å²) in [5.74, 6) is 0.758. The van der Waals surface area contributed by atoms with Gasteiger partial charge >= 0.3 is 0 Å². The summed E-state index contributed by atoms with van der Waals surface area (Å²) in [7, 11) is 0. The largest absolute Gasteiger partial charge is 0.389 e. The van der Waals surface area contributed by atoms with Crippen LogP contribution in [0.1, 0.15) is 49.8 Å². The Labute approximate surface area is 121 Å². The Morgan fingerprint density at radius 2 is 2.05 bits per heavy atom. The molecule has 1 fully saturated rings. The van der Waals surface area contributed by atoms with Crippen molar-refractivity contribution in [1.82, 2.24) is 5.32 Å². The van der Waals surface area contributed by atoms with Crippen molar-refractivity contribution in [3.63, 3.8) is 0 Å². The molecule has 1 saturated carbocycles. The van der Waals surface area contributed by atoms with E-state index in [0.717, 1.165) is 31.6 Å². The first-order valence-corrected chi connectivity index (χ1v) is 7.78. The molecule has 1 heterocycles. The number of nitrogens with one attached hydrogen (secondary N) is 1. The maximum atomic E-state index is 10.7. The lowest BCUT2D eigenvalue weighted by Crippen LogP contribution is -2.45. The van der Waals surface area contributed by atoms with Gasteiger partial charge in [0.2, 0.25) is 0 Å². The molecule has 3 nitrogen and oxygen atoms in total. The number of fused-ring (bicyclic) bond motifs is 1. The van der Waals surface area contributed by atoms with Gasteiger partial charge in [-0.2, -0.15) is 0 Å². The van der Waals surface area contributed by atoms with Crippen LogP contribution in [0.2, 0.25) is 0 Å². The van der Waals surface area contributed by atoms with E-state index in [4.69, 9.17) is 4.74 Å². The van der Waals surface area contributed by atoms with Gasteiger partial charge in [0.1, 0.15) is 0 Å². The van der Waals surface area contributed by atoms with E-state index in [1.807, 2.05) is 0 Å². The summed E-state index contributed by atoms with van der Waals surface area (Å²) in [6.45, 7) is 4.35. The average Bonchev–Trinajstić information content (AvgIpc) is 2.49. The van der Waals surface area contributed by atoms with Crippen molar-refractivity contribution < 1.29 is 9.84 Å². The highest BCUT2D eigenvalue weighted by Crippen LogP contribution is 2.32. The zero-order valence-electron chi connectivity index (χ0n) is 12.3. The first-order valence-electron chi connectivity index (χ1n) is 7.78. The van der Waals surface area contributed by atoms with Crippen molar-refractivity contribution in [2.45, 2.75) is 50.9 Å². The van der Waals surface area contributed by atoms with Crippen LogP contribution in [-0.2, 0) is 11.3 Å². The summed E-state index contributed by atoms with van der Waals surface area (Å²) in [4.78, 5) is 0. The topological polar surface area (TPSA) is 41.5 Å². The van der Waals surface area contributed by atoms with Gasteiger partial charge in [-0.05, 0) is 42.7 Å². The van der Waals surface area contributed by atoms with Gasteiger partial charge in [-0.25, -0.2) is 0 Å². The number of ether oxygens (including phenoxy) is 1. The summed E-state index contributed by atoms with van der Waals surface area (Å²) in [5.41, 5.74) is 2.06. The van der Waals surface area contributed by atoms with Crippen LogP contribution in [0.5, 0.6) is 0 Å². The maximum Gasteiger partial charge on any atom is 0.0772 e. The van der Waals surface area contributed by atoms with E-state index in [1.165, 1.54) is 11.1 Å². The molecule has 2 aliphatic rings. The van der Waals surface area contributed by atoms with Crippen LogP contribution in [0.15, 0.2) is 24.3 Å². The monoisotopic (exact) mass is 275 g/mol. The minimum absolute atomic E-state index is 0.211. The zero-order chi connectivity index (χ0) is 14.0. The molecule has 0 spiro atoms. The van der Waals surface area contributed by atoms with Crippen molar-refractivity contribution in [1.29, 1.82) is 0 Å². The van der Waals surface area contributed by atoms with Gasteiger partial charge < -0.3 is 15.2 Å². The van der Waals surface area contributed by atoms with Crippen molar-refractivity contribution in [2.75, 3.05) is 13.2 Å². The molecule has 110 valence electrons. The molecule has 2 N–H and O–H groups in total. The molecular formula is C17H25NO2. The summed E-state index contributed by atoms with van der Waals surface area (Å²) < 4.78 is 5.65. The second-order valence-electron chi connectivity index (χ2n) is 6.55. The van der Waals surface area contributed by atoms with E-state index < -0.39 is 5.60 Å². The normalized spacial score (nSPS) is 33.7. The smallest absolute Gasteiger partial charge is 0.0772 e. The molecule has 20 heavy (non-hydrogen) atoms. The maximum absolute atomic E-state index is 10.7. The average molecular weight is 275 g/mol. The second-order valence-corrected chi connectivity index (χ2v) is 6.55. The lowest BCUT2D eigenvalue weighted by atomic mass is 9.79. The molecule has 0 aromatic heterocycles. The third-order valence-electron chi connectivity index (χ3n) is 4.86. The number of hydrogen-bond donors (Lipinski definition) is 2. The van der Waals surface area contributed by atoms with Gasteiger partial charge in [0.25, 0.3) is 0 Å². The van der Waals surface area contributed by atoms with Gasteiger partial charge in [-0.15, -0.1) is 0 Å². The first kappa shape index (κ1) is 14.1. The Kier molecular flexibility index (Phi) is 4.11. The van der Waals surface area contributed by atoms with E-state index in [2.05, 4.69) is 36.5 Å². The zero-order valence-corrected chi connectivity index (χ0v) is 12.3. The quantitative estimate of drug-likeness (QED) is 0.891. The van der Waals surface area contributed by atoms with Gasteiger partial charge in [0.05, 0.1) is 24.9 Å². The summed E-state index contributed by atoms with van der Waals surface area (Å²) >= 11 is 0. The summed E-state index contributed by atoms with van der Waals surface area (Å²) in [5, 5.41) is 14.2. The van der Waals surface area contributed by atoms with Crippen LogP contribution in [0.3, 0.4) is 0 Å². The Hall–Kier alpha value is -0.900. The Bertz CT molecular complexity index is 452. The molecule has 3 heteroatoms. The van der Waals surface area contributed by atoms with Crippen LogP contribution < -0.4 is 5.32 Å².